The van der Waals surface area contributed by atoms with E-state index in [0.29, 0.717) is 11.8 Å². The molecule has 2 rings (SSSR count). The number of hydrogen-bond donors (Lipinski definition) is 2. The minimum Gasteiger partial charge on any atom is -0.393 e. The van der Waals surface area contributed by atoms with Gasteiger partial charge < -0.3 is 10.2 Å². The predicted octanol–water partition coefficient (Wildman–Crippen LogP) is 1.70. The first kappa shape index (κ1) is 9.47. The first-order valence-corrected chi connectivity index (χ1v) is 5.59. The zero-order valence-corrected chi connectivity index (χ0v) is 8.21. The molecule has 0 bridgehead atoms. The third kappa shape index (κ3) is 1.62. The molecule has 0 radical (unpaired) electrons. The van der Waals surface area contributed by atoms with Crippen molar-refractivity contribution in [2.75, 3.05) is 6.61 Å². The van der Waals surface area contributed by atoms with E-state index in [1.54, 1.807) is 0 Å². The number of rotatable bonds is 1. The van der Waals surface area contributed by atoms with Crippen LogP contribution in [0, 0.1) is 11.8 Å². The zero-order chi connectivity index (χ0) is 9.31. The Balaban J connectivity index is 2.11. The van der Waals surface area contributed by atoms with Crippen LogP contribution in [0.15, 0.2) is 0 Å². The van der Waals surface area contributed by atoms with E-state index in [2.05, 4.69) is 0 Å². The maximum absolute atomic E-state index is 10.2. The summed E-state index contributed by atoms with van der Waals surface area (Å²) < 4.78 is 0. The van der Waals surface area contributed by atoms with Crippen LogP contribution in [0.2, 0.25) is 0 Å². The Labute approximate surface area is 80.0 Å². The normalized spacial score (nSPS) is 45.7. The molecule has 0 saturated heterocycles. The second-order valence-corrected chi connectivity index (χ2v) is 4.80. The Bertz CT molecular complexity index is 179. The maximum Gasteiger partial charge on any atom is 0.0907 e. The van der Waals surface area contributed by atoms with Gasteiger partial charge in [0.1, 0.15) is 0 Å². The fourth-order valence-corrected chi connectivity index (χ4v) is 3.31. The van der Waals surface area contributed by atoms with Gasteiger partial charge in [-0.15, -0.1) is 0 Å². The summed E-state index contributed by atoms with van der Waals surface area (Å²) in [6, 6.07) is 0. The Morgan fingerprint density at radius 3 is 2.54 bits per heavy atom. The van der Waals surface area contributed by atoms with E-state index in [1.165, 1.54) is 25.7 Å². The summed E-state index contributed by atoms with van der Waals surface area (Å²) in [5, 5.41) is 19.5. The molecule has 2 fully saturated rings. The molecule has 2 aliphatic rings. The molecule has 0 aromatic rings. The van der Waals surface area contributed by atoms with E-state index in [4.69, 9.17) is 0 Å². The molecule has 2 aliphatic carbocycles. The average Bonchev–Trinajstić information content (AvgIpc) is 2.19. The van der Waals surface area contributed by atoms with E-state index in [0.717, 1.165) is 19.3 Å². The van der Waals surface area contributed by atoms with Crippen LogP contribution < -0.4 is 0 Å². The van der Waals surface area contributed by atoms with Gasteiger partial charge in [0.2, 0.25) is 0 Å². The third-order valence-corrected chi connectivity index (χ3v) is 4.06. The summed E-state index contributed by atoms with van der Waals surface area (Å²) in [5.41, 5.74) is -0.733. The number of fused-ring (bicyclic) bond motifs is 1. The van der Waals surface area contributed by atoms with Crippen LogP contribution in [0.25, 0.3) is 0 Å². The van der Waals surface area contributed by atoms with Crippen molar-refractivity contribution in [2.45, 2.75) is 50.5 Å². The highest BCUT2D eigenvalue weighted by Gasteiger charge is 2.44. The first-order chi connectivity index (χ1) is 6.26. The van der Waals surface area contributed by atoms with Crippen molar-refractivity contribution in [3.05, 3.63) is 0 Å². The molecule has 0 aromatic heterocycles. The predicted molar refractivity (Wildman–Crippen MR) is 51.3 cm³/mol. The Morgan fingerprint density at radius 1 is 1.08 bits per heavy atom. The summed E-state index contributed by atoms with van der Waals surface area (Å²) in [5.74, 6) is 1.08. The number of aliphatic hydroxyl groups excluding tert-OH is 1. The van der Waals surface area contributed by atoms with Gasteiger partial charge in [0, 0.05) is 0 Å². The lowest BCUT2D eigenvalue weighted by atomic mass is 9.63. The molecule has 2 saturated carbocycles. The largest absolute Gasteiger partial charge is 0.393 e. The van der Waals surface area contributed by atoms with Gasteiger partial charge in [-0.1, -0.05) is 25.7 Å². The van der Waals surface area contributed by atoms with E-state index >= 15 is 0 Å². The fraction of sp³-hybridized carbons (Fsp3) is 1.00. The topological polar surface area (TPSA) is 40.5 Å². The highest BCUT2D eigenvalue weighted by atomic mass is 16.3. The van der Waals surface area contributed by atoms with E-state index in [9.17, 15) is 10.2 Å². The average molecular weight is 184 g/mol. The second-order valence-electron chi connectivity index (χ2n) is 4.80. The highest BCUT2D eigenvalue weighted by Crippen LogP contribution is 2.45. The van der Waals surface area contributed by atoms with Crippen LogP contribution in [-0.2, 0) is 0 Å². The van der Waals surface area contributed by atoms with Gasteiger partial charge in [0.05, 0.1) is 12.2 Å². The molecule has 2 heteroatoms. The van der Waals surface area contributed by atoms with E-state index in [-0.39, 0.29) is 6.61 Å². The van der Waals surface area contributed by atoms with Gasteiger partial charge in [0.15, 0.2) is 0 Å². The number of aliphatic hydroxyl groups is 2. The monoisotopic (exact) mass is 184 g/mol. The van der Waals surface area contributed by atoms with Crippen molar-refractivity contribution in [2.24, 2.45) is 11.8 Å². The molecule has 0 aliphatic heterocycles. The van der Waals surface area contributed by atoms with Crippen LogP contribution in [-0.4, -0.2) is 22.4 Å². The lowest BCUT2D eigenvalue weighted by Crippen LogP contribution is -2.49. The quantitative estimate of drug-likeness (QED) is 0.651. The molecule has 3 atom stereocenters. The molecule has 13 heavy (non-hydrogen) atoms. The van der Waals surface area contributed by atoms with Gasteiger partial charge in [-0.25, -0.2) is 0 Å². The smallest absolute Gasteiger partial charge is 0.0907 e. The standard InChI is InChI=1S/C11H20O2/c12-8-11(13)7-3-5-9-4-1-2-6-10(9)11/h9-10,12-13H,1-8H2. The zero-order valence-electron chi connectivity index (χ0n) is 8.21. The summed E-state index contributed by atoms with van der Waals surface area (Å²) in [6.45, 7) is -0.0336. The molecule has 0 amide bonds. The van der Waals surface area contributed by atoms with Crippen molar-refractivity contribution in [1.29, 1.82) is 0 Å². The van der Waals surface area contributed by atoms with Crippen LogP contribution in [0.4, 0.5) is 0 Å². The van der Waals surface area contributed by atoms with Crippen molar-refractivity contribution in [3.63, 3.8) is 0 Å². The lowest BCUT2D eigenvalue weighted by Gasteiger charge is -2.46. The molecular weight excluding hydrogens is 164 g/mol. The summed E-state index contributed by atoms with van der Waals surface area (Å²) in [4.78, 5) is 0. The Morgan fingerprint density at radius 2 is 1.77 bits per heavy atom. The minimum absolute atomic E-state index is 0.0336. The number of hydrogen-bond acceptors (Lipinski definition) is 2. The van der Waals surface area contributed by atoms with Crippen molar-refractivity contribution in [3.8, 4) is 0 Å². The van der Waals surface area contributed by atoms with Gasteiger partial charge in [-0.05, 0) is 31.1 Å². The molecule has 76 valence electrons. The fourth-order valence-electron chi connectivity index (χ4n) is 3.31. The van der Waals surface area contributed by atoms with Crippen LogP contribution in [0.5, 0.6) is 0 Å². The summed E-state index contributed by atoms with van der Waals surface area (Å²) in [7, 11) is 0. The second kappa shape index (κ2) is 3.58. The molecule has 2 nitrogen and oxygen atoms in total. The lowest BCUT2D eigenvalue weighted by molar-refractivity contribution is -0.117. The van der Waals surface area contributed by atoms with Crippen LogP contribution in [0.3, 0.4) is 0 Å². The highest BCUT2D eigenvalue weighted by molar-refractivity contribution is 4.95. The van der Waals surface area contributed by atoms with Gasteiger partial charge in [-0.3, -0.25) is 0 Å². The molecule has 0 spiro atoms. The molecule has 3 unspecified atom stereocenters. The SMILES string of the molecule is OCC1(O)CCCC2CCCCC21. The van der Waals surface area contributed by atoms with E-state index < -0.39 is 5.60 Å². The summed E-state index contributed by atoms with van der Waals surface area (Å²) >= 11 is 0. The van der Waals surface area contributed by atoms with E-state index in [1.807, 2.05) is 0 Å². The Hall–Kier alpha value is -0.0800. The third-order valence-electron chi connectivity index (χ3n) is 4.06. The Kier molecular flexibility index (Phi) is 2.61. The van der Waals surface area contributed by atoms with Crippen LogP contribution in [0.1, 0.15) is 44.9 Å². The van der Waals surface area contributed by atoms with Crippen molar-refractivity contribution in [1.82, 2.24) is 0 Å². The van der Waals surface area contributed by atoms with Gasteiger partial charge in [0.25, 0.3) is 0 Å². The molecule has 0 aromatic carbocycles. The first-order valence-electron chi connectivity index (χ1n) is 5.59. The van der Waals surface area contributed by atoms with Crippen LogP contribution >= 0.6 is 0 Å². The van der Waals surface area contributed by atoms with Gasteiger partial charge in [-0.2, -0.15) is 0 Å². The molecule has 2 N–H and O–H groups in total. The minimum atomic E-state index is -0.733. The summed E-state index contributed by atoms with van der Waals surface area (Å²) in [6.07, 6.45) is 8.14. The maximum atomic E-state index is 10.2. The van der Waals surface area contributed by atoms with Gasteiger partial charge >= 0.3 is 0 Å². The van der Waals surface area contributed by atoms with Crippen molar-refractivity contribution >= 4 is 0 Å². The molecular formula is C11H20O2. The molecule has 0 heterocycles. The van der Waals surface area contributed by atoms with Crippen molar-refractivity contribution < 1.29 is 10.2 Å².